The molecule has 0 N–H and O–H groups in total. The number of aromatic nitrogens is 2. The van der Waals surface area contributed by atoms with Gasteiger partial charge in [0.25, 0.3) is 5.56 Å². The van der Waals surface area contributed by atoms with E-state index in [1.54, 1.807) is 24.3 Å². The lowest BCUT2D eigenvalue weighted by atomic mass is 10.1. The Balaban J connectivity index is 1.50. The van der Waals surface area contributed by atoms with Gasteiger partial charge < -0.3 is 9.15 Å². The van der Waals surface area contributed by atoms with Crippen molar-refractivity contribution in [2.75, 3.05) is 0 Å². The van der Waals surface area contributed by atoms with Gasteiger partial charge in [0, 0.05) is 22.4 Å². The second-order valence-electron chi connectivity index (χ2n) is 8.19. The van der Waals surface area contributed by atoms with Gasteiger partial charge in [-0.1, -0.05) is 67.6 Å². The summed E-state index contributed by atoms with van der Waals surface area (Å²) in [7, 11) is 0. The van der Waals surface area contributed by atoms with E-state index in [2.05, 4.69) is 5.10 Å². The summed E-state index contributed by atoms with van der Waals surface area (Å²) >= 11 is 0. The number of hydrogen-bond donors (Lipinski definition) is 0. The Morgan fingerprint density at radius 3 is 2.40 bits per heavy atom. The Morgan fingerprint density at radius 1 is 0.886 bits per heavy atom. The minimum Gasteiger partial charge on any atom is -0.456 e. The van der Waals surface area contributed by atoms with Gasteiger partial charge in [-0.2, -0.15) is 5.10 Å². The van der Waals surface area contributed by atoms with E-state index in [1.165, 1.54) is 10.7 Å². The van der Waals surface area contributed by atoms with E-state index in [1.807, 2.05) is 55.5 Å². The largest absolute Gasteiger partial charge is 0.456 e. The average molecular weight is 466 g/mol. The second kappa shape index (κ2) is 9.38. The zero-order valence-corrected chi connectivity index (χ0v) is 19.1. The van der Waals surface area contributed by atoms with Crippen molar-refractivity contribution in [3.05, 3.63) is 122 Å². The highest BCUT2D eigenvalue weighted by Crippen LogP contribution is 2.21. The normalized spacial score (nSPS) is 11.1. The third kappa shape index (κ3) is 4.48. The molecule has 5 aromatic rings. The molecule has 174 valence electrons. The smallest absolute Gasteiger partial charge is 0.359 e. The first kappa shape index (κ1) is 22.3. The maximum atomic E-state index is 13.2. The van der Waals surface area contributed by atoms with E-state index >= 15 is 0 Å². The predicted octanol–water partition coefficient (Wildman–Crippen LogP) is 4.47. The van der Waals surface area contributed by atoms with Crippen molar-refractivity contribution in [3.8, 4) is 0 Å². The predicted molar refractivity (Wildman–Crippen MR) is 133 cm³/mol. The van der Waals surface area contributed by atoms with Gasteiger partial charge in [-0.25, -0.2) is 14.3 Å². The van der Waals surface area contributed by atoms with Crippen LogP contribution in [0.5, 0.6) is 0 Å². The van der Waals surface area contributed by atoms with Crippen molar-refractivity contribution >= 4 is 27.7 Å². The van der Waals surface area contributed by atoms with Crippen molar-refractivity contribution in [1.29, 1.82) is 0 Å². The van der Waals surface area contributed by atoms with Gasteiger partial charge in [-0.05, 0) is 29.7 Å². The summed E-state index contributed by atoms with van der Waals surface area (Å²) in [6.45, 7) is 2.09. The molecule has 2 heterocycles. The monoisotopic (exact) mass is 466 g/mol. The van der Waals surface area contributed by atoms with Crippen LogP contribution < -0.4 is 11.2 Å². The van der Waals surface area contributed by atoms with E-state index in [0.29, 0.717) is 27.3 Å². The second-order valence-corrected chi connectivity index (χ2v) is 8.19. The van der Waals surface area contributed by atoms with E-state index in [0.717, 1.165) is 17.5 Å². The minimum absolute atomic E-state index is 0.0386. The van der Waals surface area contributed by atoms with Crippen LogP contribution in [0, 0.1) is 0 Å². The number of carbonyl (C=O) groups is 1. The first-order chi connectivity index (χ1) is 17.0. The number of fused-ring (bicyclic) bond motifs is 2. The third-order valence-corrected chi connectivity index (χ3v) is 5.90. The van der Waals surface area contributed by atoms with Crippen LogP contribution in [0.2, 0.25) is 0 Å². The topological polar surface area (TPSA) is 91.4 Å². The van der Waals surface area contributed by atoms with Crippen molar-refractivity contribution in [2.24, 2.45) is 0 Å². The average Bonchev–Trinajstić information content (AvgIpc) is 2.88. The summed E-state index contributed by atoms with van der Waals surface area (Å²) in [4.78, 5) is 38.3. The number of benzene rings is 3. The van der Waals surface area contributed by atoms with Gasteiger partial charge in [0.2, 0.25) is 0 Å². The Morgan fingerprint density at radius 2 is 1.63 bits per heavy atom. The molecule has 0 unspecified atom stereocenters. The number of hydrogen-bond acceptors (Lipinski definition) is 6. The molecule has 0 atom stereocenters. The van der Waals surface area contributed by atoms with Gasteiger partial charge in [0.15, 0.2) is 5.69 Å². The molecule has 0 saturated heterocycles. The summed E-state index contributed by atoms with van der Waals surface area (Å²) in [5.74, 6) is -0.686. The molecule has 35 heavy (non-hydrogen) atoms. The third-order valence-electron chi connectivity index (χ3n) is 5.90. The molecule has 0 fully saturated rings. The SMILES string of the molecule is CCc1ccc2c(COC(=O)c3nn(Cc4ccccc4)c(=O)c4ccccc34)cc(=O)oc2c1. The molecule has 7 nitrogen and oxygen atoms in total. The van der Waals surface area contributed by atoms with E-state index in [9.17, 15) is 14.4 Å². The van der Waals surface area contributed by atoms with Crippen molar-refractivity contribution in [1.82, 2.24) is 9.78 Å². The highest BCUT2D eigenvalue weighted by atomic mass is 16.5. The molecule has 0 spiro atoms. The molecule has 2 aromatic heterocycles. The molecular formula is C28H22N2O5. The molecule has 0 bridgehead atoms. The van der Waals surface area contributed by atoms with Gasteiger partial charge in [-0.15, -0.1) is 0 Å². The summed E-state index contributed by atoms with van der Waals surface area (Å²) in [5, 5.41) is 5.85. The maximum absolute atomic E-state index is 13.2. The lowest BCUT2D eigenvalue weighted by Crippen LogP contribution is -2.27. The molecular weight excluding hydrogens is 444 g/mol. The number of rotatable bonds is 6. The van der Waals surface area contributed by atoms with Crippen LogP contribution in [-0.2, 0) is 24.3 Å². The number of ether oxygens (including phenoxy) is 1. The molecule has 0 aliphatic heterocycles. The minimum atomic E-state index is -0.686. The standard InChI is InChI=1S/C28H22N2O5/c1-2-18-12-13-21-20(15-25(31)35-24(21)14-18)17-34-28(33)26-22-10-6-7-11-23(22)27(32)30(29-26)16-19-8-4-3-5-9-19/h3-15H,2,16-17H2,1H3. The molecule has 0 aliphatic rings. The molecule has 0 radical (unpaired) electrons. The highest BCUT2D eigenvalue weighted by molar-refractivity contribution is 6.02. The molecule has 3 aromatic carbocycles. The van der Waals surface area contributed by atoms with Crippen molar-refractivity contribution < 1.29 is 13.9 Å². The van der Waals surface area contributed by atoms with Crippen LogP contribution in [0.15, 0.2) is 92.9 Å². The van der Waals surface area contributed by atoms with Crippen molar-refractivity contribution in [3.63, 3.8) is 0 Å². The maximum Gasteiger partial charge on any atom is 0.359 e. The van der Waals surface area contributed by atoms with Gasteiger partial charge in [0.05, 0.1) is 11.9 Å². The first-order valence-corrected chi connectivity index (χ1v) is 11.3. The zero-order valence-electron chi connectivity index (χ0n) is 19.1. The highest BCUT2D eigenvalue weighted by Gasteiger charge is 2.19. The number of nitrogens with zero attached hydrogens (tertiary/aromatic N) is 2. The number of carbonyl (C=O) groups excluding carboxylic acids is 1. The summed E-state index contributed by atoms with van der Waals surface area (Å²) in [6, 6.07) is 23.2. The Kier molecular flexibility index (Phi) is 5.97. The van der Waals surface area contributed by atoms with Gasteiger partial charge in [0.1, 0.15) is 12.2 Å². The van der Waals surface area contributed by atoms with Crippen molar-refractivity contribution in [2.45, 2.75) is 26.5 Å². The summed E-state index contributed by atoms with van der Waals surface area (Å²) < 4.78 is 12.2. The Labute approximate surface area is 200 Å². The molecule has 0 saturated carbocycles. The molecule has 0 amide bonds. The van der Waals surface area contributed by atoms with Crippen LogP contribution >= 0.6 is 0 Å². The molecule has 7 heteroatoms. The van der Waals surface area contributed by atoms with E-state index in [4.69, 9.17) is 9.15 Å². The molecule has 5 rings (SSSR count). The number of esters is 1. The fourth-order valence-corrected chi connectivity index (χ4v) is 4.07. The van der Waals surface area contributed by atoms with Crippen LogP contribution in [0.25, 0.3) is 21.7 Å². The summed E-state index contributed by atoms with van der Waals surface area (Å²) in [5.41, 5.74) is 2.13. The van der Waals surface area contributed by atoms with E-state index in [-0.39, 0.29) is 24.4 Å². The molecule has 0 aliphatic carbocycles. The first-order valence-electron chi connectivity index (χ1n) is 11.3. The lowest BCUT2D eigenvalue weighted by molar-refractivity contribution is 0.0466. The van der Waals surface area contributed by atoms with E-state index < -0.39 is 11.6 Å². The van der Waals surface area contributed by atoms with Crippen LogP contribution in [-0.4, -0.2) is 15.7 Å². The fourth-order valence-electron chi connectivity index (χ4n) is 4.07. The number of aryl methyl sites for hydroxylation is 1. The van der Waals surface area contributed by atoms with Crippen LogP contribution in [0.1, 0.15) is 34.1 Å². The van der Waals surface area contributed by atoms with Crippen LogP contribution in [0.4, 0.5) is 0 Å². The Hall–Kier alpha value is -4.52. The quantitative estimate of drug-likeness (QED) is 0.271. The zero-order chi connectivity index (χ0) is 24.4. The Bertz CT molecular complexity index is 1670. The lowest BCUT2D eigenvalue weighted by Gasteiger charge is -2.12. The van der Waals surface area contributed by atoms with Crippen LogP contribution in [0.3, 0.4) is 0 Å². The fraction of sp³-hybridized carbons (Fsp3) is 0.143. The van der Waals surface area contributed by atoms with Gasteiger partial charge >= 0.3 is 11.6 Å². The van der Waals surface area contributed by atoms with Gasteiger partial charge in [-0.3, -0.25) is 4.79 Å². The summed E-state index contributed by atoms with van der Waals surface area (Å²) in [6.07, 6.45) is 0.802.